The van der Waals surface area contributed by atoms with Crippen LogP contribution < -0.4 is 0 Å². The number of hydrogen-bond donors (Lipinski definition) is 0. The largest absolute Gasteiger partial charge is 0.0895 e. The molecule has 3 heterocycles. The molecule has 0 amide bonds. The highest BCUT2D eigenvalue weighted by molar-refractivity contribution is 8.28. The van der Waals surface area contributed by atoms with Crippen LogP contribution in [0, 0.1) is 0 Å². The van der Waals surface area contributed by atoms with E-state index >= 15 is 0 Å². The van der Waals surface area contributed by atoms with Crippen LogP contribution in [0.25, 0.3) is 50.1 Å². The van der Waals surface area contributed by atoms with Crippen LogP contribution in [0.4, 0.5) is 0 Å². The minimum atomic E-state index is 1.36. The number of thioether (sulfide) groups is 6. The van der Waals surface area contributed by atoms with Crippen molar-refractivity contribution in [1.82, 2.24) is 0 Å². The molecular weight excluding hydrogens is 625 g/mol. The van der Waals surface area contributed by atoms with Gasteiger partial charge < -0.3 is 0 Å². The number of fused-ring (bicyclic) bond motifs is 12. The Hall–Kier alpha value is -2.58. The van der Waals surface area contributed by atoms with Gasteiger partial charge in [0.2, 0.25) is 0 Å². The molecule has 0 fully saturated rings. The molecule has 0 saturated heterocycles. The van der Waals surface area contributed by atoms with Crippen molar-refractivity contribution in [3.63, 3.8) is 0 Å². The normalized spacial score (nSPS) is 18.3. The molecule has 0 unspecified atom stereocenters. The first-order valence-electron chi connectivity index (χ1n) is 13.6. The predicted octanol–water partition coefficient (Wildman–Crippen LogP) is 12.6. The van der Waals surface area contributed by atoms with Gasteiger partial charge in [-0.3, -0.25) is 0 Å². The van der Waals surface area contributed by atoms with E-state index in [0.29, 0.717) is 0 Å². The van der Waals surface area contributed by atoms with Gasteiger partial charge in [0.15, 0.2) is 0 Å². The number of hydrogen-bond acceptors (Lipinski definition) is 6. The molecule has 0 saturated carbocycles. The maximum atomic E-state index is 2.36. The van der Waals surface area contributed by atoms with Crippen LogP contribution in [0.5, 0.6) is 0 Å². The number of rotatable bonds is 0. The van der Waals surface area contributed by atoms with E-state index in [0.717, 1.165) is 0 Å². The molecule has 42 heavy (non-hydrogen) atoms. The van der Waals surface area contributed by atoms with Gasteiger partial charge in [0.05, 0.1) is 12.7 Å². The third kappa shape index (κ3) is 3.26. The molecular formula is C36H18S6. The van der Waals surface area contributed by atoms with E-state index in [2.05, 4.69) is 105 Å². The summed E-state index contributed by atoms with van der Waals surface area (Å²) in [6.07, 6.45) is 0. The summed E-state index contributed by atoms with van der Waals surface area (Å²) in [7, 11) is 0. The van der Waals surface area contributed by atoms with Crippen molar-refractivity contribution in [2.45, 2.75) is 0 Å². The Bertz CT molecular complexity index is 1850. The molecule has 0 radical (unpaired) electrons. The first-order chi connectivity index (χ1) is 20.9. The summed E-state index contributed by atoms with van der Waals surface area (Å²) in [5.41, 5.74) is 20.8. The van der Waals surface area contributed by atoms with Gasteiger partial charge in [-0.2, -0.15) is 0 Å². The van der Waals surface area contributed by atoms with E-state index in [9.17, 15) is 0 Å². The summed E-state index contributed by atoms with van der Waals surface area (Å²) in [5.74, 6) is 0. The molecule has 3 aliphatic heterocycles. The summed E-state index contributed by atoms with van der Waals surface area (Å²) in [4.78, 5) is 0. The van der Waals surface area contributed by atoms with Crippen molar-refractivity contribution in [3.8, 4) is 33.4 Å². The van der Waals surface area contributed by atoms with Crippen molar-refractivity contribution in [3.05, 3.63) is 151 Å². The predicted molar refractivity (Wildman–Crippen MR) is 194 cm³/mol. The lowest BCUT2D eigenvalue weighted by molar-refractivity contribution is 1.58. The summed E-state index contributed by atoms with van der Waals surface area (Å²) < 4.78 is 4.14. The first-order valence-corrected chi connectivity index (χ1v) is 18.9. The van der Waals surface area contributed by atoms with Crippen LogP contribution in [0.1, 0.15) is 33.4 Å². The van der Waals surface area contributed by atoms with Crippen molar-refractivity contribution in [2.75, 3.05) is 0 Å². The van der Waals surface area contributed by atoms with Gasteiger partial charge in [-0.05, 0) is 82.5 Å². The molecule has 0 atom stereocenters. The maximum Gasteiger partial charge on any atom is 0.0572 e. The highest BCUT2D eigenvalue weighted by Gasteiger charge is 2.44. The van der Waals surface area contributed by atoms with Crippen molar-refractivity contribution in [2.24, 2.45) is 0 Å². The Morgan fingerprint density at radius 1 is 0.262 bits per heavy atom. The molecule has 198 valence electrons. The fourth-order valence-electron chi connectivity index (χ4n) is 7.08. The molecule has 0 nitrogen and oxygen atoms in total. The summed E-state index contributed by atoms with van der Waals surface area (Å²) >= 11 is 11.2. The van der Waals surface area contributed by atoms with E-state index in [-0.39, 0.29) is 0 Å². The highest BCUT2D eigenvalue weighted by atomic mass is 32.2. The van der Waals surface area contributed by atoms with Crippen molar-refractivity contribution in [1.29, 1.82) is 0 Å². The van der Waals surface area contributed by atoms with Gasteiger partial charge in [-0.25, -0.2) is 0 Å². The minimum Gasteiger partial charge on any atom is -0.0895 e. The molecule has 0 spiro atoms. The topological polar surface area (TPSA) is 0 Å². The Morgan fingerprint density at radius 2 is 0.500 bits per heavy atom. The molecule has 6 heteroatoms. The van der Waals surface area contributed by atoms with Crippen molar-refractivity contribution >= 4 is 87.3 Å². The summed E-state index contributed by atoms with van der Waals surface area (Å²) in [6, 6.07) is 27.4. The average molecular weight is 643 g/mol. The molecule has 4 aromatic rings. The standard InChI is InChI=1S/C36H18S6/c1-4-10-22-19(7-1)25-31(28(22)34-37-13-14-38-34)26-21-9-3-6-12-24(21)30(36-41-17-18-42-36)33(26)27-20-8-2-5-11-23(20)29(32(25)27)35-39-15-16-40-35/h1-18H. The van der Waals surface area contributed by atoms with E-state index < -0.39 is 0 Å². The lowest BCUT2D eigenvalue weighted by Crippen LogP contribution is -1.98. The minimum absolute atomic E-state index is 1.36. The summed E-state index contributed by atoms with van der Waals surface area (Å²) in [6.45, 7) is 0. The van der Waals surface area contributed by atoms with Gasteiger partial charge in [0, 0.05) is 33.4 Å². The van der Waals surface area contributed by atoms with Crippen LogP contribution in [0.2, 0.25) is 0 Å². The quantitative estimate of drug-likeness (QED) is 0.160. The van der Waals surface area contributed by atoms with Gasteiger partial charge >= 0.3 is 0 Å². The SMILES string of the molecule is C1=CSC(=C2c3ccccc3-c3c2c2c(c4c3C(=C3SC=CS3)c3ccccc3-4)C(=C3SC=CS3)c3ccccc3-2)S1. The summed E-state index contributed by atoms with van der Waals surface area (Å²) in [5, 5.41) is 13.4. The zero-order chi connectivity index (χ0) is 27.4. The Balaban J connectivity index is 1.47. The second kappa shape index (κ2) is 9.46. The van der Waals surface area contributed by atoms with E-state index in [1.54, 1.807) is 0 Å². The molecule has 10 rings (SSSR count). The molecule has 4 aromatic carbocycles. The second-order valence-corrected chi connectivity index (χ2v) is 16.7. The molecule has 0 N–H and O–H groups in total. The third-order valence-electron chi connectivity index (χ3n) is 8.48. The zero-order valence-electron chi connectivity index (χ0n) is 21.8. The van der Waals surface area contributed by atoms with E-state index in [1.807, 2.05) is 70.6 Å². The first kappa shape index (κ1) is 24.8. The number of benzene rings is 4. The van der Waals surface area contributed by atoms with Crippen molar-refractivity contribution < 1.29 is 0 Å². The Morgan fingerprint density at radius 3 is 0.762 bits per heavy atom. The van der Waals surface area contributed by atoms with Gasteiger partial charge in [0.1, 0.15) is 0 Å². The Labute approximate surface area is 270 Å². The molecule has 0 aromatic heterocycles. The maximum absolute atomic E-state index is 2.36. The fourth-order valence-corrected chi connectivity index (χ4v) is 12.8. The van der Waals surface area contributed by atoms with E-state index in [4.69, 9.17) is 0 Å². The lowest BCUT2D eigenvalue weighted by Gasteiger charge is -2.20. The molecule has 6 aliphatic rings. The van der Waals surface area contributed by atoms with Crippen LogP contribution in [0.15, 0.2) is 118 Å². The monoisotopic (exact) mass is 642 g/mol. The van der Waals surface area contributed by atoms with Crippen LogP contribution in [-0.2, 0) is 0 Å². The third-order valence-corrected chi connectivity index (χ3v) is 14.9. The zero-order valence-corrected chi connectivity index (χ0v) is 26.7. The van der Waals surface area contributed by atoms with Gasteiger partial charge in [0.25, 0.3) is 0 Å². The highest BCUT2D eigenvalue weighted by Crippen LogP contribution is 2.68. The van der Waals surface area contributed by atoms with Crippen LogP contribution >= 0.6 is 70.6 Å². The lowest BCUT2D eigenvalue weighted by atomic mass is 9.84. The van der Waals surface area contributed by atoms with E-state index in [1.165, 1.54) is 96.2 Å². The van der Waals surface area contributed by atoms with Gasteiger partial charge in [-0.1, -0.05) is 143 Å². The van der Waals surface area contributed by atoms with Crippen LogP contribution in [0.3, 0.4) is 0 Å². The smallest absolute Gasteiger partial charge is 0.0572 e. The second-order valence-electron chi connectivity index (χ2n) is 10.4. The average Bonchev–Trinajstić information content (AvgIpc) is 3.87. The Kier molecular flexibility index (Phi) is 5.59. The molecule has 0 bridgehead atoms. The fraction of sp³-hybridized carbons (Fsp3) is 0. The van der Waals surface area contributed by atoms with Crippen LogP contribution in [-0.4, -0.2) is 0 Å². The molecule has 3 aliphatic carbocycles. The van der Waals surface area contributed by atoms with Gasteiger partial charge in [-0.15, -0.1) is 0 Å².